The predicted octanol–water partition coefficient (Wildman–Crippen LogP) is 0.286. The van der Waals surface area contributed by atoms with Gasteiger partial charge in [-0.05, 0) is 19.1 Å². The van der Waals surface area contributed by atoms with Gasteiger partial charge < -0.3 is 10.6 Å². The fraction of sp³-hybridized carbons (Fsp3) is 0.455. The molecular formula is C11H17N3O3S. The monoisotopic (exact) mass is 271 g/mol. The summed E-state index contributed by atoms with van der Waals surface area (Å²) in [6, 6.07) is 2.74. The molecule has 0 radical (unpaired) electrons. The Balaban J connectivity index is 2.70. The minimum atomic E-state index is -3.10. The second-order valence-electron chi connectivity index (χ2n) is 4.15. The third-order valence-electron chi connectivity index (χ3n) is 2.21. The van der Waals surface area contributed by atoms with Crippen LogP contribution in [-0.2, 0) is 9.84 Å². The SMILES string of the molecule is CNc1cc(C(=O)NC(C)CS(C)(=O)=O)ccn1. The first kappa shape index (κ1) is 14.4. The van der Waals surface area contributed by atoms with Crippen LogP contribution < -0.4 is 10.6 Å². The largest absolute Gasteiger partial charge is 0.373 e. The van der Waals surface area contributed by atoms with Gasteiger partial charge in [0, 0.05) is 31.1 Å². The number of hydrogen-bond acceptors (Lipinski definition) is 5. The number of amides is 1. The van der Waals surface area contributed by atoms with Gasteiger partial charge in [0.05, 0.1) is 5.75 Å². The third kappa shape index (κ3) is 4.70. The molecular weight excluding hydrogens is 254 g/mol. The molecule has 18 heavy (non-hydrogen) atoms. The number of anilines is 1. The molecule has 1 aromatic rings. The molecule has 100 valence electrons. The maximum Gasteiger partial charge on any atom is 0.251 e. The molecule has 0 aliphatic rings. The number of carbonyl (C=O) groups is 1. The van der Waals surface area contributed by atoms with E-state index in [0.717, 1.165) is 6.26 Å². The second kappa shape index (κ2) is 5.81. The number of hydrogen-bond donors (Lipinski definition) is 2. The number of sulfone groups is 1. The lowest BCUT2D eigenvalue weighted by atomic mass is 10.2. The van der Waals surface area contributed by atoms with Crippen LogP contribution in [0.2, 0.25) is 0 Å². The van der Waals surface area contributed by atoms with E-state index in [9.17, 15) is 13.2 Å². The lowest BCUT2D eigenvalue weighted by molar-refractivity contribution is 0.0943. The number of nitrogens with one attached hydrogen (secondary N) is 2. The molecule has 0 spiro atoms. The van der Waals surface area contributed by atoms with Gasteiger partial charge in [-0.25, -0.2) is 13.4 Å². The normalized spacial score (nSPS) is 12.8. The van der Waals surface area contributed by atoms with Crippen molar-refractivity contribution in [3.05, 3.63) is 23.9 Å². The molecule has 1 rings (SSSR count). The summed E-state index contributed by atoms with van der Waals surface area (Å²) in [5, 5.41) is 5.46. The Labute approximate surface area is 107 Å². The average molecular weight is 271 g/mol. The predicted molar refractivity (Wildman–Crippen MR) is 70.4 cm³/mol. The van der Waals surface area contributed by atoms with Crippen LogP contribution in [0.5, 0.6) is 0 Å². The summed E-state index contributed by atoms with van der Waals surface area (Å²) in [7, 11) is -1.40. The molecule has 1 amide bonds. The Bertz CT molecular complexity index is 528. The maximum absolute atomic E-state index is 11.8. The number of pyridine rings is 1. The molecule has 1 aromatic heterocycles. The molecule has 0 bridgehead atoms. The van der Waals surface area contributed by atoms with Crippen LogP contribution in [0.25, 0.3) is 0 Å². The van der Waals surface area contributed by atoms with Gasteiger partial charge in [0.15, 0.2) is 0 Å². The lowest BCUT2D eigenvalue weighted by Crippen LogP contribution is -2.37. The van der Waals surface area contributed by atoms with Crippen molar-refractivity contribution >= 4 is 21.6 Å². The smallest absolute Gasteiger partial charge is 0.251 e. The number of carbonyl (C=O) groups excluding carboxylic acids is 1. The Kier molecular flexibility index (Phi) is 4.66. The summed E-state index contributed by atoms with van der Waals surface area (Å²) < 4.78 is 22.2. The van der Waals surface area contributed by atoms with E-state index in [1.807, 2.05) is 0 Å². The molecule has 0 aromatic carbocycles. The van der Waals surface area contributed by atoms with Crippen molar-refractivity contribution in [3.8, 4) is 0 Å². The van der Waals surface area contributed by atoms with E-state index in [-0.39, 0.29) is 11.7 Å². The summed E-state index contributed by atoms with van der Waals surface area (Å²) >= 11 is 0. The molecule has 1 unspecified atom stereocenters. The Morgan fingerprint density at radius 1 is 1.50 bits per heavy atom. The summed E-state index contributed by atoms with van der Waals surface area (Å²) in [4.78, 5) is 15.8. The van der Waals surface area contributed by atoms with Gasteiger partial charge >= 0.3 is 0 Å². The fourth-order valence-electron chi connectivity index (χ4n) is 1.51. The fourth-order valence-corrected chi connectivity index (χ4v) is 2.50. The zero-order valence-electron chi connectivity index (χ0n) is 10.6. The van der Waals surface area contributed by atoms with E-state index in [4.69, 9.17) is 0 Å². The Morgan fingerprint density at radius 2 is 2.17 bits per heavy atom. The molecule has 0 saturated carbocycles. The van der Waals surface area contributed by atoms with E-state index in [2.05, 4.69) is 15.6 Å². The van der Waals surface area contributed by atoms with Crippen molar-refractivity contribution < 1.29 is 13.2 Å². The van der Waals surface area contributed by atoms with Gasteiger partial charge in [-0.3, -0.25) is 4.79 Å². The van der Waals surface area contributed by atoms with Gasteiger partial charge in [0.25, 0.3) is 5.91 Å². The van der Waals surface area contributed by atoms with E-state index in [1.54, 1.807) is 26.1 Å². The van der Waals surface area contributed by atoms with Crippen molar-refractivity contribution in [2.75, 3.05) is 24.4 Å². The highest BCUT2D eigenvalue weighted by Gasteiger charge is 2.14. The highest BCUT2D eigenvalue weighted by Crippen LogP contribution is 2.06. The summed E-state index contributed by atoms with van der Waals surface area (Å²) in [6.45, 7) is 1.65. The van der Waals surface area contributed by atoms with Crippen LogP contribution >= 0.6 is 0 Å². The van der Waals surface area contributed by atoms with Crippen molar-refractivity contribution in [2.45, 2.75) is 13.0 Å². The van der Waals surface area contributed by atoms with E-state index in [1.165, 1.54) is 6.20 Å². The topological polar surface area (TPSA) is 88.2 Å². The van der Waals surface area contributed by atoms with Gasteiger partial charge in [-0.15, -0.1) is 0 Å². The first-order valence-electron chi connectivity index (χ1n) is 5.44. The van der Waals surface area contributed by atoms with Crippen molar-refractivity contribution in [1.82, 2.24) is 10.3 Å². The summed E-state index contributed by atoms with van der Waals surface area (Å²) in [6.07, 6.45) is 2.66. The molecule has 0 aliphatic heterocycles. The van der Waals surface area contributed by atoms with Crippen LogP contribution in [-0.4, -0.2) is 44.4 Å². The summed E-state index contributed by atoms with van der Waals surface area (Å²) in [5.41, 5.74) is 0.440. The minimum Gasteiger partial charge on any atom is -0.373 e. The third-order valence-corrected chi connectivity index (χ3v) is 3.31. The maximum atomic E-state index is 11.8. The van der Waals surface area contributed by atoms with Gasteiger partial charge in [-0.1, -0.05) is 0 Å². The zero-order valence-corrected chi connectivity index (χ0v) is 11.4. The number of nitrogens with zero attached hydrogens (tertiary/aromatic N) is 1. The molecule has 1 heterocycles. The molecule has 0 aliphatic carbocycles. The van der Waals surface area contributed by atoms with Gasteiger partial charge in [-0.2, -0.15) is 0 Å². The highest BCUT2D eigenvalue weighted by atomic mass is 32.2. The van der Waals surface area contributed by atoms with Crippen molar-refractivity contribution in [2.24, 2.45) is 0 Å². The molecule has 7 heteroatoms. The van der Waals surface area contributed by atoms with E-state index in [0.29, 0.717) is 11.4 Å². The van der Waals surface area contributed by atoms with Crippen molar-refractivity contribution in [1.29, 1.82) is 0 Å². The Hall–Kier alpha value is -1.63. The number of aromatic nitrogens is 1. The van der Waals surface area contributed by atoms with Gasteiger partial charge in [0.1, 0.15) is 15.7 Å². The van der Waals surface area contributed by atoms with Gasteiger partial charge in [0.2, 0.25) is 0 Å². The lowest BCUT2D eigenvalue weighted by Gasteiger charge is -2.13. The van der Waals surface area contributed by atoms with Crippen LogP contribution in [0.4, 0.5) is 5.82 Å². The molecule has 2 N–H and O–H groups in total. The van der Waals surface area contributed by atoms with Crippen LogP contribution in [0, 0.1) is 0 Å². The average Bonchev–Trinajstić information content (AvgIpc) is 2.26. The number of rotatable bonds is 5. The summed E-state index contributed by atoms with van der Waals surface area (Å²) in [5.74, 6) is 0.186. The van der Waals surface area contributed by atoms with Crippen LogP contribution in [0.1, 0.15) is 17.3 Å². The minimum absolute atomic E-state index is 0.0806. The van der Waals surface area contributed by atoms with Crippen LogP contribution in [0.15, 0.2) is 18.3 Å². The van der Waals surface area contributed by atoms with Crippen LogP contribution in [0.3, 0.4) is 0 Å². The van der Waals surface area contributed by atoms with E-state index >= 15 is 0 Å². The Morgan fingerprint density at radius 3 is 2.72 bits per heavy atom. The molecule has 0 saturated heterocycles. The first-order valence-corrected chi connectivity index (χ1v) is 7.50. The molecule has 6 nitrogen and oxygen atoms in total. The molecule has 1 atom stereocenters. The van der Waals surface area contributed by atoms with E-state index < -0.39 is 15.9 Å². The first-order chi connectivity index (χ1) is 8.31. The highest BCUT2D eigenvalue weighted by molar-refractivity contribution is 7.90. The molecule has 0 fully saturated rings. The van der Waals surface area contributed by atoms with Crippen molar-refractivity contribution in [3.63, 3.8) is 0 Å². The second-order valence-corrected chi connectivity index (χ2v) is 6.33. The standard InChI is InChI=1S/C11H17N3O3S/c1-8(7-18(3,16)17)14-11(15)9-4-5-13-10(6-9)12-2/h4-6,8H,7H2,1-3H3,(H,12,13)(H,14,15). The quantitative estimate of drug-likeness (QED) is 0.803. The zero-order chi connectivity index (χ0) is 13.8.